The van der Waals surface area contributed by atoms with Crippen LogP contribution in [0.15, 0.2) is 24.8 Å². The predicted octanol–water partition coefficient (Wildman–Crippen LogP) is 0.690. The number of nitrogens with zero attached hydrogens (tertiary/aromatic N) is 4. The van der Waals surface area contributed by atoms with Crippen molar-refractivity contribution in [1.82, 2.24) is 23.9 Å². The van der Waals surface area contributed by atoms with Crippen LogP contribution in [0.3, 0.4) is 0 Å². The van der Waals surface area contributed by atoms with Gasteiger partial charge in [0, 0.05) is 25.6 Å². The van der Waals surface area contributed by atoms with Gasteiger partial charge in [0.15, 0.2) is 5.82 Å². The molecular formula is C11H11N5O2. The van der Waals surface area contributed by atoms with Crippen LogP contribution in [-0.2, 0) is 18.3 Å². The lowest BCUT2D eigenvalue weighted by atomic mass is 10.3. The van der Waals surface area contributed by atoms with Gasteiger partial charge in [-0.15, -0.1) is 0 Å². The summed E-state index contributed by atoms with van der Waals surface area (Å²) in [6.45, 7) is 0. The fourth-order valence-electron chi connectivity index (χ4n) is 1.94. The highest BCUT2D eigenvalue weighted by Crippen LogP contribution is 2.17. The zero-order chi connectivity index (χ0) is 12.7. The lowest BCUT2D eigenvalue weighted by Gasteiger charge is -1.96. The monoisotopic (exact) mass is 245 g/mol. The molecule has 2 N–H and O–H groups in total. The van der Waals surface area contributed by atoms with E-state index < -0.39 is 5.97 Å². The summed E-state index contributed by atoms with van der Waals surface area (Å²) < 4.78 is 3.61. The highest BCUT2D eigenvalue weighted by atomic mass is 16.4. The number of carboxylic acids is 1. The molecule has 0 amide bonds. The third-order valence-corrected chi connectivity index (χ3v) is 2.77. The van der Waals surface area contributed by atoms with Crippen LogP contribution in [0, 0.1) is 0 Å². The maximum atomic E-state index is 10.7. The fourth-order valence-corrected chi connectivity index (χ4v) is 1.94. The Hall–Kier alpha value is -2.57. The summed E-state index contributed by atoms with van der Waals surface area (Å²) in [7, 11) is 1.89. The van der Waals surface area contributed by atoms with E-state index in [0.717, 1.165) is 11.5 Å². The standard InChI is InChI=1S/C11H11N5O2/c1-15-3-2-12-10(15)8-6-16-7(4-9(17)18)5-13-11(16)14-8/h2-3,5-6H,4H2,1H3,(H,13,14)(H,17,18). The van der Waals surface area contributed by atoms with Gasteiger partial charge in [-0.3, -0.25) is 9.20 Å². The van der Waals surface area contributed by atoms with Crippen LogP contribution >= 0.6 is 0 Å². The molecule has 0 aliphatic heterocycles. The molecule has 0 atom stereocenters. The number of imidazole rings is 3. The maximum Gasteiger partial charge on any atom is 0.309 e. The number of H-pyrrole nitrogens is 1. The molecule has 0 radical (unpaired) electrons. The van der Waals surface area contributed by atoms with E-state index in [1.807, 2.05) is 24.0 Å². The van der Waals surface area contributed by atoms with E-state index in [4.69, 9.17) is 5.11 Å². The zero-order valence-electron chi connectivity index (χ0n) is 9.66. The van der Waals surface area contributed by atoms with Crippen LogP contribution in [0.5, 0.6) is 0 Å². The summed E-state index contributed by atoms with van der Waals surface area (Å²) in [5.74, 6) is 0.516. The molecule has 0 saturated carbocycles. The number of hydrogen-bond donors (Lipinski definition) is 2. The Morgan fingerprint density at radius 2 is 2.33 bits per heavy atom. The topological polar surface area (TPSA) is 88.2 Å². The second kappa shape index (κ2) is 3.73. The van der Waals surface area contributed by atoms with Crippen LogP contribution in [0.2, 0.25) is 0 Å². The zero-order valence-corrected chi connectivity index (χ0v) is 9.66. The summed E-state index contributed by atoms with van der Waals surface area (Å²) in [5, 5.41) is 8.81. The number of aromatic amines is 1. The first kappa shape index (κ1) is 10.6. The molecule has 0 aliphatic rings. The van der Waals surface area contributed by atoms with E-state index in [9.17, 15) is 4.79 Å². The first-order chi connectivity index (χ1) is 8.65. The van der Waals surface area contributed by atoms with Gasteiger partial charge in [-0.1, -0.05) is 0 Å². The normalized spacial score (nSPS) is 11.2. The van der Waals surface area contributed by atoms with E-state index in [1.54, 1.807) is 16.8 Å². The van der Waals surface area contributed by atoms with Crippen LogP contribution in [-0.4, -0.2) is 35.0 Å². The number of carboxylic acid groups (broad SMARTS) is 1. The molecule has 7 nitrogen and oxygen atoms in total. The third kappa shape index (κ3) is 1.56. The molecule has 0 fully saturated rings. The molecule has 0 bridgehead atoms. The number of aromatic nitrogens is 5. The molecule has 7 heteroatoms. The second-order valence-electron chi connectivity index (χ2n) is 4.04. The lowest BCUT2D eigenvalue weighted by Crippen LogP contribution is -2.02. The van der Waals surface area contributed by atoms with Gasteiger partial charge < -0.3 is 14.7 Å². The molecular weight excluding hydrogens is 234 g/mol. The number of fused-ring (bicyclic) bond motifs is 1. The molecule has 92 valence electrons. The van der Waals surface area contributed by atoms with E-state index in [2.05, 4.69) is 15.0 Å². The minimum absolute atomic E-state index is 0.0565. The average molecular weight is 245 g/mol. The lowest BCUT2D eigenvalue weighted by molar-refractivity contribution is -0.136. The quantitative estimate of drug-likeness (QED) is 0.710. The first-order valence-electron chi connectivity index (χ1n) is 5.39. The van der Waals surface area contributed by atoms with Crippen molar-refractivity contribution >= 4 is 11.7 Å². The Labute approximate surface area is 102 Å². The number of carbonyl (C=O) groups is 1. The van der Waals surface area contributed by atoms with Crippen molar-refractivity contribution in [2.24, 2.45) is 7.05 Å². The van der Waals surface area contributed by atoms with Gasteiger partial charge in [0.05, 0.1) is 18.3 Å². The number of aryl methyl sites for hydroxylation is 1. The van der Waals surface area contributed by atoms with Gasteiger partial charge in [0.25, 0.3) is 0 Å². The van der Waals surface area contributed by atoms with E-state index in [-0.39, 0.29) is 6.42 Å². The minimum Gasteiger partial charge on any atom is -0.481 e. The number of hydrogen-bond acceptors (Lipinski definition) is 3. The largest absolute Gasteiger partial charge is 0.481 e. The predicted molar refractivity (Wildman–Crippen MR) is 63.1 cm³/mol. The highest BCUT2D eigenvalue weighted by molar-refractivity contribution is 5.70. The van der Waals surface area contributed by atoms with Crippen LogP contribution < -0.4 is 0 Å². The maximum absolute atomic E-state index is 10.7. The summed E-state index contributed by atoms with van der Waals surface area (Å²) in [6.07, 6.45) is 6.86. The molecule has 0 saturated heterocycles. The van der Waals surface area contributed by atoms with Gasteiger partial charge in [0.2, 0.25) is 5.78 Å². The van der Waals surface area contributed by atoms with E-state index in [1.165, 1.54) is 0 Å². The van der Waals surface area contributed by atoms with Crippen molar-refractivity contribution in [1.29, 1.82) is 0 Å². The molecule has 3 heterocycles. The van der Waals surface area contributed by atoms with Crippen molar-refractivity contribution in [2.45, 2.75) is 6.42 Å². The van der Waals surface area contributed by atoms with Crippen molar-refractivity contribution in [3.05, 3.63) is 30.5 Å². The molecule has 3 aromatic heterocycles. The molecule has 0 unspecified atom stereocenters. The van der Waals surface area contributed by atoms with E-state index >= 15 is 0 Å². The Morgan fingerprint density at radius 3 is 3.00 bits per heavy atom. The second-order valence-corrected chi connectivity index (χ2v) is 4.04. The van der Waals surface area contributed by atoms with Crippen LogP contribution in [0.1, 0.15) is 5.69 Å². The van der Waals surface area contributed by atoms with Gasteiger partial charge in [0.1, 0.15) is 5.69 Å². The minimum atomic E-state index is -0.878. The summed E-state index contributed by atoms with van der Waals surface area (Å²) >= 11 is 0. The van der Waals surface area contributed by atoms with Gasteiger partial charge in [-0.05, 0) is 0 Å². The summed E-state index contributed by atoms with van der Waals surface area (Å²) in [5.41, 5.74) is 1.44. The van der Waals surface area contributed by atoms with Crippen molar-refractivity contribution in [3.63, 3.8) is 0 Å². The van der Waals surface area contributed by atoms with Crippen molar-refractivity contribution in [2.75, 3.05) is 0 Å². The van der Waals surface area contributed by atoms with Gasteiger partial charge in [-0.2, -0.15) is 0 Å². The summed E-state index contributed by atoms with van der Waals surface area (Å²) in [6, 6.07) is 0. The van der Waals surface area contributed by atoms with Crippen molar-refractivity contribution in [3.8, 4) is 11.5 Å². The molecule has 0 aliphatic carbocycles. The smallest absolute Gasteiger partial charge is 0.309 e. The molecule has 3 rings (SSSR count). The third-order valence-electron chi connectivity index (χ3n) is 2.77. The molecule has 3 aromatic rings. The fraction of sp³-hybridized carbons (Fsp3) is 0.182. The molecule has 0 aromatic carbocycles. The van der Waals surface area contributed by atoms with Gasteiger partial charge >= 0.3 is 5.97 Å². The Balaban J connectivity index is 2.09. The van der Waals surface area contributed by atoms with Crippen molar-refractivity contribution < 1.29 is 9.90 Å². The summed E-state index contributed by atoms with van der Waals surface area (Å²) in [4.78, 5) is 22.2. The number of aliphatic carboxylic acids is 1. The first-order valence-corrected chi connectivity index (χ1v) is 5.39. The van der Waals surface area contributed by atoms with E-state index in [0.29, 0.717) is 11.5 Å². The SMILES string of the molecule is Cn1ccnc1-c1cn2c(CC(=O)O)cnc2[nH]1. The number of rotatable bonds is 3. The van der Waals surface area contributed by atoms with Gasteiger partial charge in [-0.25, -0.2) is 9.97 Å². The molecule has 0 spiro atoms. The Morgan fingerprint density at radius 1 is 1.50 bits per heavy atom. The van der Waals surface area contributed by atoms with Crippen LogP contribution in [0.4, 0.5) is 0 Å². The Kier molecular flexibility index (Phi) is 2.19. The highest BCUT2D eigenvalue weighted by Gasteiger charge is 2.12. The average Bonchev–Trinajstić information content (AvgIpc) is 2.94. The number of nitrogens with one attached hydrogen (secondary N) is 1. The Bertz CT molecular complexity index is 721. The van der Waals surface area contributed by atoms with Crippen LogP contribution in [0.25, 0.3) is 17.3 Å². The molecule has 18 heavy (non-hydrogen) atoms.